The first kappa shape index (κ1) is 17.5. The largest absolute Gasteiger partial charge is 0.466 e. The first-order valence-corrected chi connectivity index (χ1v) is 6.66. The third kappa shape index (κ3) is 4.71. The number of carbonyl (C=O) groups excluding carboxylic acids is 2. The highest BCUT2D eigenvalue weighted by molar-refractivity contribution is 5.90. The molecule has 7 nitrogen and oxygen atoms in total. The van der Waals surface area contributed by atoms with E-state index in [1.807, 2.05) is 0 Å². The summed E-state index contributed by atoms with van der Waals surface area (Å²) in [6.45, 7) is 5.40. The van der Waals surface area contributed by atoms with E-state index in [0.29, 0.717) is 0 Å². The topological polar surface area (TPSA) is 85.3 Å². The number of nitrogens with zero attached hydrogens (tertiary/aromatic N) is 1. The van der Waals surface area contributed by atoms with Crippen molar-refractivity contribution in [3.8, 4) is 0 Å². The minimum absolute atomic E-state index is 0.0517. The van der Waals surface area contributed by atoms with Crippen molar-refractivity contribution >= 4 is 12.1 Å². The Morgan fingerprint density at radius 2 is 2.00 bits per heavy atom. The SMILES string of the molecule is COCC1C=C(C(=O)OC)C(O)CN1C(=O)OC(C)(C)C. The molecule has 7 heteroatoms. The van der Waals surface area contributed by atoms with Crippen molar-refractivity contribution in [2.75, 3.05) is 27.4 Å². The van der Waals surface area contributed by atoms with Gasteiger partial charge in [0.1, 0.15) is 11.7 Å². The van der Waals surface area contributed by atoms with Crippen LogP contribution in [0.5, 0.6) is 0 Å². The van der Waals surface area contributed by atoms with Crippen LogP contribution in [-0.2, 0) is 19.0 Å². The lowest BCUT2D eigenvalue weighted by Gasteiger charge is -2.36. The van der Waals surface area contributed by atoms with E-state index in [1.165, 1.54) is 25.2 Å². The zero-order valence-electron chi connectivity index (χ0n) is 13.1. The van der Waals surface area contributed by atoms with Gasteiger partial charge in [-0.1, -0.05) is 0 Å². The fourth-order valence-electron chi connectivity index (χ4n) is 1.99. The summed E-state index contributed by atoms with van der Waals surface area (Å²) in [5.74, 6) is -0.618. The maximum absolute atomic E-state index is 12.2. The molecule has 0 saturated carbocycles. The molecule has 0 fully saturated rings. The molecule has 0 bridgehead atoms. The highest BCUT2D eigenvalue weighted by Gasteiger charge is 2.36. The van der Waals surface area contributed by atoms with Gasteiger partial charge in [-0.15, -0.1) is 0 Å². The van der Waals surface area contributed by atoms with Crippen LogP contribution in [0.3, 0.4) is 0 Å². The number of aliphatic hydroxyl groups is 1. The molecule has 0 aromatic rings. The summed E-state index contributed by atoms with van der Waals surface area (Å²) in [5.41, 5.74) is -0.522. The van der Waals surface area contributed by atoms with Crippen molar-refractivity contribution in [1.82, 2.24) is 4.90 Å². The van der Waals surface area contributed by atoms with Crippen molar-refractivity contribution in [2.24, 2.45) is 0 Å². The molecule has 1 aliphatic rings. The number of aliphatic hydroxyl groups excluding tert-OH is 1. The molecule has 0 aromatic heterocycles. The van der Waals surface area contributed by atoms with Crippen LogP contribution < -0.4 is 0 Å². The minimum Gasteiger partial charge on any atom is -0.466 e. The van der Waals surface area contributed by atoms with Gasteiger partial charge >= 0.3 is 12.1 Å². The van der Waals surface area contributed by atoms with Crippen molar-refractivity contribution in [1.29, 1.82) is 0 Å². The normalized spacial score (nSPS) is 22.6. The predicted molar refractivity (Wildman–Crippen MR) is 74.7 cm³/mol. The van der Waals surface area contributed by atoms with Gasteiger partial charge in [-0.05, 0) is 26.8 Å². The molecule has 0 saturated heterocycles. The van der Waals surface area contributed by atoms with Gasteiger partial charge in [-0.3, -0.25) is 4.90 Å². The number of esters is 1. The van der Waals surface area contributed by atoms with E-state index >= 15 is 0 Å². The molecule has 0 aliphatic carbocycles. The number of hydrogen-bond donors (Lipinski definition) is 1. The van der Waals surface area contributed by atoms with Gasteiger partial charge in [0.2, 0.25) is 0 Å². The summed E-state index contributed by atoms with van der Waals surface area (Å²) >= 11 is 0. The van der Waals surface area contributed by atoms with Gasteiger partial charge in [0.15, 0.2) is 0 Å². The second-order valence-electron chi connectivity index (χ2n) is 5.78. The van der Waals surface area contributed by atoms with E-state index in [1.54, 1.807) is 20.8 Å². The molecular weight excluding hydrogens is 278 g/mol. The molecular formula is C14H23NO6. The highest BCUT2D eigenvalue weighted by atomic mass is 16.6. The van der Waals surface area contributed by atoms with Gasteiger partial charge in [0, 0.05) is 7.11 Å². The van der Waals surface area contributed by atoms with Gasteiger partial charge in [-0.2, -0.15) is 0 Å². The highest BCUT2D eigenvalue weighted by Crippen LogP contribution is 2.21. The van der Waals surface area contributed by atoms with Gasteiger partial charge in [-0.25, -0.2) is 9.59 Å². The number of hydrogen-bond acceptors (Lipinski definition) is 6. The molecule has 0 spiro atoms. The minimum atomic E-state index is -1.11. The molecule has 120 valence electrons. The number of methoxy groups -OCH3 is 2. The average Bonchev–Trinajstić information content (AvgIpc) is 2.37. The summed E-state index contributed by atoms with van der Waals surface area (Å²) in [6.07, 6.45) is -0.199. The van der Waals surface area contributed by atoms with Crippen LogP contribution in [0.2, 0.25) is 0 Å². The Hall–Kier alpha value is -1.60. The van der Waals surface area contributed by atoms with Crippen molar-refractivity contribution < 1.29 is 28.9 Å². The van der Waals surface area contributed by atoms with Crippen LogP contribution in [0.25, 0.3) is 0 Å². The Labute approximate surface area is 124 Å². The molecule has 1 aliphatic heterocycles. The standard InChI is InChI=1S/C14H23NO6/c1-14(2,3)21-13(18)15-7-11(16)10(12(17)20-5)6-9(15)8-19-4/h6,9,11,16H,7-8H2,1-5H3. The number of carbonyl (C=O) groups is 2. The van der Waals surface area contributed by atoms with Crippen LogP contribution >= 0.6 is 0 Å². The molecule has 21 heavy (non-hydrogen) atoms. The lowest BCUT2D eigenvalue weighted by atomic mass is 10.0. The second kappa shape index (κ2) is 6.91. The van der Waals surface area contributed by atoms with Crippen molar-refractivity contribution in [3.63, 3.8) is 0 Å². The summed E-state index contributed by atoms with van der Waals surface area (Å²) in [6, 6.07) is -0.498. The zero-order valence-corrected chi connectivity index (χ0v) is 13.1. The summed E-state index contributed by atoms with van der Waals surface area (Å²) in [5, 5.41) is 10.0. The summed E-state index contributed by atoms with van der Waals surface area (Å²) in [4.78, 5) is 25.1. The Morgan fingerprint density at radius 1 is 1.38 bits per heavy atom. The van der Waals surface area contributed by atoms with Crippen molar-refractivity contribution in [3.05, 3.63) is 11.6 Å². The molecule has 1 heterocycles. The number of ether oxygens (including phenoxy) is 3. The molecule has 0 aromatic carbocycles. The van der Waals surface area contributed by atoms with Crippen LogP contribution in [0, 0.1) is 0 Å². The lowest BCUT2D eigenvalue weighted by molar-refractivity contribution is -0.137. The van der Waals surface area contributed by atoms with Gasteiger partial charge < -0.3 is 19.3 Å². The maximum Gasteiger partial charge on any atom is 0.410 e. The van der Waals surface area contributed by atoms with Crippen molar-refractivity contribution in [2.45, 2.75) is 38.5 Å². The first-order chi connectivity index (χ1) is 9.69. The maximum atomic E-state index is 12.2. The number of amides is 1. The Morgan fingerprint density at radius 3 is 2.48 bits per heavy atom. The Kier molecular flexibility index (Phi) is 5.74. The lowest BCUT2D eigenvalue weighted by Crippen LogP contribution is -2.52. The number of β-amino-alcohol motifs (C(OH)–C–C–N with tert-alkyl or cyclic N) is 1. The quantitative estimate of drug-likeness (QED) is 0.773. The van der Waals surface area contributed by atoms with Crippen LogP contribution in [0.1, 0.15) is 20.8 Å². The summed E-state index contributed by atoms with van der Waals surface area (Å²) < 4.78 is 15.0. The van der Waals surface area contributed by atoms with E-state index in [9.17, 15) is 14.7 Å². The fraction of sp³-hybridized carbons (Fsp3) is 0.714. The third-order valence-electron chi connectivity index (χ3n) is 2.89. The Bertz CT molecular complexity index is 426. The van der Waals surface area contributed by atoms with Crippen LogP contribution in [0.4, 0.5) is 4.79 Å². The van der Waals surface area contributed by atoms with E-state index in [4.69, 9.17) is 9.47 Å². The monoisotopic (exact) mass is 301 g/mol. The summed E-state index contributed by atoms with van der Waals surface area (Å²) in [7, 11) is 2.73. The molecule has 1 N–H and O–H groups in total. The average molecular weight is 301 g/mol. The van der Waals surface area contributed by atoms with Crippen LogP contribution in [0.15, 0.2) is 11.6 Å². The molecule has 0 radical (unpaired) electrons. The molecule has 2 atom stereocenters. The molecule has 2 unspecified atom stereocenters. The first-order valence-electron chi connectivity index (χ1n) is 6.66. The van der Waals surface area contributed by atoms with Gasteiger partial charge in [0.05, 0.1) is 31.9 Å². The zero-order chi connectivity index (χ0) is 16.2. The number of rotatable bonds is 3. The van der Waals surface area contributed by atoms with Gasteiger partial charge in [0.25, 0.3) is 0 Å². The fourth-order valence-corrected chi connectivity index (χ4v) is 1.99. The molecule has 1 amide bonds. The smallest absolute Gasteiger partial charge is 0.410 e. The Balaban J connectivity index is 2.98. The van der Waals surface area contributed by atoms with E-state index in [0.717, 1.165) is 0 Å². The van der Waals surface area contributed by atoms with E-state index in [-0.39, 0.29) is 18.7 Å². The third-order valence-corrected chi connectivity index (χ3v) is 2.89. The van der Waals surface area contributed by atoms with E-state index < -0.39 is 29.8 Å². The van der Waals surface area contributed by atoms with Crippen LogP contribution in [-0.4, -0.2) is 67.2 Å². The second-order valence-corrected chi connectivity index (χ2v) is 5.78. The predicted octanol–water partition coefficient (Wildman–Crippen LogP) is 0.712. The molecule has 1 rings (SSSR count). The van der Waals surface area contributed by atoms with E-state index in [2.05, 4.69) is 4.74 Å².